The highest BCUT2D eigenvalue weighted by molar-refractivity contribution is 6.51. The summed E-state index contributed by atoms with van der Waals surface area (Å²) in [5.74, 6) is -0.610. The summed E-state index contributed by atoms with van der Waals surface area (Å²) in [6.07, 6.45) is 0. The van der Waals surface area contributed by atoms with Crippen LogP contribution in [0.1, 0.15) is 33.9 Å². The molecule has 5 rings (SSSR count). The molecule has 0 spiro atoms. The summed E-state index contributed by atoms with van der Waals surface area (Å²) in [6.45, 7) is 5.69. The zero-order valence-corrected chi connectivity index (χ0v) is 21.2. The van der Waals surface area contributed by atoms with Gasteiger partial charge in [-0.25, -0.2) is 4.98 Å². The highest BCUT2D eigenvalue weighted by Gasteiger charge is 2.48. The molecule has 1 amide bonds. The van der Waals surface area contributed by atoms with Crippen LogP contribution in [-0.4, -0.2) is 41.0 Å². The average molecular weight is 498 g/mol. The van der Waals surface area contributed by atoms with Gasteiger partial charge in [-0.3, -0.25) is 14.5 Å². The van der Waals surface area contributed by atoms with E-state index in [1.807, 2.05) is 63.2 Å². The van der Waals surface area contributed by atoms with Gasteiger partial charge in [-0.05, 0) is 38.0 Å². The van der Waals surface area contributed by atoms with Crippen LogP contribution in [0.3, 0.4) is 0 Å². The Morgan fingerprint density at radius 2 is 1.65 bits per heavy atom. The van der Waals surface area contributed by atoms with E-state index in [2.05, 4.69) is 9.97 Å². The summed E-state index contributed by atoms with van der Waals surface area (Å²) in [5.41, 5.74) is 5.01. The lowest BCUT2D eigenvalue weighted by Crippen LogP contribution is -2.30. The van der Waals surface area contributed by atoms with Gasteiger partial charge in [-0.2, -0.15) is 0 Å². The van der Waals surface area contributed by atoms with E-state index in [0.717, 1.165) is 16.7 Å². The summed E-state index contributed by atoms with van der Waals surface area (Å²) in [4.78, 5) is 36.1. The van der Waals surface area contributed by atoms with Crippen molar-refractivity contribution in [2.75, 3.05) is 19.1 Å². The number of ketones is 1. The molecule has 2 heterocycles. The zero-order chi connectivity index (χ0) is 26.4. The molecule has 1 atom stereocenters. The molecule has 8 nitrogen and oxygen atoms in total. The van der Waals surface area contributed by atoms with Crippen LogP contribution in [0.5, 0.6) is 11.5 Å². The maximum Gasteiger partial charge on any atom is 0.302 e. The number of ether oxygens (including phenoxy) is 2. The maximum absolute atomic E-state index is 13.5. The molecule has 188 valence electrons. The van der Waals surface area contributed by atoms with Gasteiger partial charge in [0, 0.05) is 17.7 Å². The summed E-state index contributed by atoms with van der Waals surface area (Å²) in [6, 6.07) is 15.7. The van der Waals surface area contributed by atoms with Crippen LogP contribution in [-0.2, 0) is 9.59 Å². The fourth-order valence-electron chi connectivity index (χ4n) is 4.78. The second-order valence-electron chi connectivity index (χ2n) is 9.19. The summed E-state index contributed by atoms with van der Waals surface area (Å²) < 4.78 is 10.8. The number of hydrogen-bond acceptors (Lipinski definition) is 6. The molecular formula is C29H27N3O5. The van der Waals surface area contributed by atoms with Gasteiger partial charge in [0.05, 0.1) is 36.9 Å². The number of imidazole rings is 1. The number of methoxy groups -OCH3 is 2. The number of aryl methyl sites for hydroxylation is 3. The molecule has 8 heteroatoms. The molecule has 0 bridgehead atoms. The lowest BCUT2D eigenvalue weighted by molar-refractivity contribution is -0.132. The highest BCUT2D eigenvalue weighted by Crippen LogP contribution is 2.43. The van der Waals surface area contributed by atoms with Gasteiger partial charge in [0.15, 0.2) is 11.5 Å². The normalized spacial score (nSPS) is 17.0. The number of anilines is 1. The largest absolute Gasteiger partial charge is 0.507 e. The summed E-state index contributed by atoms with van der Waals surface area (Å²) >= 11 is 0. The van der Waals surface area contributed by atoms with Crippen molar-refractivity contribution < 1.29 is 24.2 Å². The van der Waals surface area contributed by atoms with E-state index >= 15 is 0 Å². The molecule has 0 saturated carbocycles. The predicted molar refractivity (Wildman–Crippen MR) is 141 cm³/mol. The number of H-pyrrole nitrogens is 1. The third-order valence-electron chi connectivity index (χ3n) is 6.65. The first kappa shape index (κ1) is 24.1. The van der Waals surface area contributed by atoms with Crippen molar-refractivity contribution in [3.05, 3.63) is 88.0 Å². The van der Waals surface area contributed by atoms with Gasteiger partial charge < -0.3 is 19.6 Å². The first-order valence-electron chi connectivity index (χ1n) is 11.8. The van der Waals surface area contributed by atoms with E-state index in [0.29, 0.717) is 33.7 Å². The van der Waals surface area contributed by atoms with Crippen molar-refractivity contribution in [3.8, 4) is 11.5 Å². The van der Waals surface area contributed by atoms with Crippen molar-refractivity contribution in [1.29, 1.82) is 0 Å². The molecule has 3 aromatic carbocycles. The van der Waals surface area contributed by atoms with Gasteiger partial charge in [-0.15, -0.1) is 0 Å². The molecular weight excluding hydrogens is 470 g/mol. The lowest BCUT2D eigenvalue weighted by Gasteiger charge is -2.23. The molecule has 1 unspecified atom stereocenters. The van der Waals surface area contributed by atoms with E-state index < -0.39 is 17.7 Å². The van der Waals surface area contributed by atoms with Gasteiger partial charge in [0.1, 0.15) is 5.76 Å². The number of aromatic amines is 1. The van der Waals surface area contributed by atoms with Crippen molar-refractivity contribution in [2.45, 2.75) is 26.8 Å². The Hall–Kier alpha value is -4.59. The standard InChI is InChI=1S/C29H27N3O5/c1-15-7-6-8-18(11-15)25-24(26(33)19-12-16(2)9-10-17(19)3)27(34)28(35)32(25)29-30-20-13-22(36-4)23(37-5)14-21(20)31-29/h6-14,25,33H,1-5H3,(H,30,31)/b26-24+. The van der Waals surface area contributed by atoms with Crippen LogP contribution in [0, 0.1) is 20.8 Å². The van der Waals surface area contributed by atoms with Crippen molar-refractivity contribution in [3.63, 3.8) is 0 Å². The van der Waals surface area contributed by atoms with Gasteiger partial charge in [0.25, 0.3) is 5.78 Å². The number of rotatable bonds is 5. The number of nitrogens with one attached hydrogen (secondary N) is 1. The van der Waals surface area contributed by atoms with Crippen molar-refractivity contribution in [2.24, 2.45) is 0 Å². The van der Waals surface area contributed by atoms with Crippen LogP contribution in [0.25, 0.3) is 16.8 Å². The number of Topliss-reactive ketones (excluding diaryl/α,β-unsaturated/α-hetero) is 1. The molecule has 2 N–H and O–H groups in total. The first-order valence-corrected chi connectivity index (χ1v) is 11.8. The number of aliphatic hydroxyl groups is 1. The SMILES string of the molecule is COc1cc2nc(N3C(=O)C(=O)/C(=C(/O)c4cc(C)ccc4C)C3c3cccc(C)c3)[nH]c2cc1OC. The molecule has 0 radical (unpaired) electrons. The Balaban J connectivity index is 1.75. The monoisotopic (exact) mass is 497 g/mol. The van der Waals surface area contributed by atoms with Gasteiger partial charge in [0.2, 0.25) is 5.95 Å². The summed E-state index contributed by atoms with van der Waals surface area (Å²) in [5, 5.41) is 11.5. The van der Waals surface area contributed by atoms with E-state index in [1.54, 1.807) is 12.1 Å². The lowest BCUT2D eigenvalue weighted by atomic mass is 9.93. The number of nitrogens with zero attached hydrogens (tertiary/aromatic N) is 2. The van der Waals surface area contributed by atoms with E-state index in [9.17, 15) is 14.7 Å². The second-order valence-corrected chi connectivity index (χ2v) is 9.19. The summed E-state index contributed by atoms with van der Waals surface area (Å²) in [7, 11) is 3.06. The van der Waals surface area contributed by atoms with Crippen LogP contribution in [0.4, 0.5) is 5.95 Å². The average Bonchev–Trinajstić information content (AvgIpc) is 3.41. The number of carbonyl (C=O) groups is 2. The molecule has 37 heavy (non-hydrogen) atoms. The van der Waals surface area contributed by atoms with Crippen LogP contribution < -0.4 is 14.4 Å². The van der Waals surface area contributed by atoms with E-state index in [4.69, 9.17) is 9.47 Å². The molecule has 1 fully saturated rings. The number of benzene rings is 3. The third-order valence-corrected chi connectivity index (χ3v) is 6.65. The molecule has 1 aliphatic heterocycles. The first-order chi connectivity index (χ1) is 17.7. The Morgan fingerprint density at radius 1 is 0.946 bits per heavy atom. The van der Waals surface area contributed by atoms with Crippen molar-refractivity contribution >= 4 is 34.4 Å². The number of aromatic nitrogens is 2. The highest BCUT2D eigenvalue weighted by atomic mass is 16.5. The van der Waals surface area contributed by atoms with Gasteiger partial charge >= 0.3 is 5.91 Å². The number of aliphatic hydroxyl groups excluding tert-OH is 1. The third kappa shape index (κ3) is 4.00. The smallest absolute Gasteiger partial charge is 0.302 e. The Bertz CT molecular complexity index is 1560. The van der Waals surface area contributed by atoms with E-state index in [-0.39, 0.29) is 17.3 Å². The van der Waals surface area contributed by atoms with Crippen LogP contribution in [0.2, 0.25) is 0 Å². The number of carbonyl (C=O) groups excluding carboxylic acids is 2. The number of fused-ring (bicyclic) bond motifs is 1. The fraction of sp³-hybridized carbons (Fsp3) is 0.207. The minimum absolute atomic E-state index is 0.0138. The molecule has 4 aromatic rings. The predicted octanol–water partition coefficient (Wildman–Crippen LogP) is 5.13. The molecule has 1 saturated heterocycles. The van der Waals surface area contributed by atoms with Crippen molar-refractivity contribution in [1.82, 2.24) is 9.97 Å². The topological polar surface area (TPSA) is 105 Å². The van der Waals surface area contributed by atoms with E-state index in [1.165, 1.54) is 19.1 Å². The van der Waals surface area contributed by atoms with Crippen LogP contribution >= 0.6 is 0 Å². The zero-order valence-electron chi connectivity index (χ0n) is 21.2. The molecule has 1 aliphatic rings. The number of hydrogen-bond donors (Lipinski definition) is 2. The quantitative estimate of drug-likeness (QED) is 0.225. The fourth-order valence-corrected chi connectivity index (χ4v) is 4.78. The maximum atomic E-state index is 13.5. The Morgan fingerprint density at radius 3 is 2.35 bits per heavy atom. The minimum atomic E-state index is -0.885. The Kier molecular flexibility index (Phi) is 5.95. The second kappa shape index (κ2) is 9.13. The van der Waals surface area contributed by atoms with Gasteiger partial charge in [-0.1, -0.05) is 47.5 Å². The molecule has 0 aliphatic carbocycles. The Labute approximate surface area is 214 Å². The van der Waals surface area contributed by atoms with Crippen LogP contribution in [0.15, 0.2) is 60.2 Å². The number of amides is 1. The molecule has 1 aromatic heterocycles. The minimum Gasteiger partial charge on any atom is -0.507 e.